The molecule has 1 aromatic rings. The van der Waals surface area contributed by atoms with Gasteiger partial charge in [0.1, 0.15) is 0 Å². The Labute approximate surface area is 173 Å². The number of rotatable bonds is 4. The van der Waals surface area contributed by atoms with E-state index in [9.17, 15) is 9.59 Å². The molecule has 0 spiro atoms. The number of nitrogens with zero attached hydrogens (tertiary/aromatic N) is 3. The molecule has 6 nitrogen and oxygen atoms in total. The van der Waals surface area contributed by atoms with Crippen LogP contribution in [0.1, 0.15) is 30.0 Å². The second-order valence-corrected chi connectivity index (χ2v) is 8.51. The van der Waals surface area contributed by atoms with E-state index in [2.05, 4.69) is 24.4 Å². The Hall–Kier alpha value is -1.79. The third-order valence-electron chi connectivity index (χ3n) is 6.27. The highest BCUT2D eigenvalue weighted by atomic mass is 35.5. The van der Waals surface area contributed by atoms with E-state index < -0.39 is 0 Å². The van der Waals surface area contributed by atoms with Gasteiger partial charge in [-0.25, -0.2) is 4.79 Å². The lowest BCUT2D eigenvalue weighted by atomic mass is 9.88. The van der Waals surface area contributed by atoms with E-state index in [1.807, 2.05) is 36.0 Å². The minimum absolute atomic E-state index is 0. The number of carbonyl (C=O) groups is 2. The van der Waals surface area contributed by atoms with Gasteiger partial charge in [-0.15, -0.1) is 12.4 Å². The van der Waals surface area contributed by atoms with Crippen molar-refractivity contribution in [3.05, 3.63) is 35.4 Å². The van der Waals surface area contributed by atoms with Gasteiger partial charge in [0.25, 0.3) is 0 Å². The van der Waals surface area contributed by atoms with Crippen molar-refractivity contribution in [2.24, 2.45) is 11.8 Å². The predicted molar refractivity (Wildman–Crippen MR) is 112 cm³/mol. The summed E-state index contributed by atoms with van der Waals surface area (Å²) in [6.45, 7) is 4.78. The fraction of sp³-hybridized carbons (Fsp3) is 0.619. The van der Waals surface area contributed by atoms with E-state index in [-0.39, 0.29) is 30.4 Å². The van der Waals surface area contributed by atoms with Crippen LogP contribution >= 0.6 is 12.4 Å². The first-order valence-corrected chi connectivity index (χ1v) is 10.0. The molecule has 1 saturated carbocycles. The van der Waals surface area contributed by atoms with Crippen molar-refractivity contribution in [1.29, 1.82) is 0 Å². The predicted octanol–water partition coefficient (Wildman–Crippen LogP) is 2.28. The van der Waals surface area contributed by atoms with Gasteiger partial charge < -0.3 is 20.0 Å². The summed E-state index contributed by atoms with van der Waals surface area (Å²) >= 11 is 0. The molecular weight excluding hydrogens is 376 g/mol. The van der Waals surface area contributed by atoms with E-state index in [0.29, 0.717) is 24.4 Å². The number of amides is 3. The Bertz CT molecular complexity index is 737. The van der Waals surface area contributed by atoms with Crippen LogP contribution in [0.25, 0.3) is 0 Å². The maximum atomic E-state index is 12.8. The molecule has 7 heteroatoms. The number of hydrogen-bond acceptors (Lipinski definition) is 3. The van der Waals surface area contributed by atoms with Crippen molar-refractivity contribution >= 4 is 24.3 Å². The monoisotopic (exact) mass is 406 g/mol. The summed E-state index contributed by atoms with van der Waals surface area (Å²) in [7, 11) is 3.62. The van der Waals surface area contributed by atoms with Crippen LogP contribution in [0.2, 0.25) is 0 Å². The van der Waals surface area contributed by atoms with E-state index >= 15 is 0 Å². The zero-order valence-corrected chi connectivity index (χ0v) is 17.7. The smallest absolute Gasteiger partial charge is 0.320 e. The summed E-state index contributed by atoms with van der Waals surface area (Å²) in [5, 5.41) is 3.33. The molecule has 1 aliphatic carbocycles. The molecular formula is C21H31ClN4O2. The molecule has 0 aromatic heterocycles. The molecule has 1 aromatic carbocycles. The lowest BCUT2D eigenvalue weighted by Gasteiger charge is -2.32. The lowest BCUT2D eigenvalue weighted by Crippen LogP contribution is -2.43. The maximum Gasteiger partial charge on any atom is 0.320 e. The number of benzene rings is 1. The van der Waals surface area contributed by atoms with Crippen molar-refractivity contribution in [1.82, 2.24) is 20.0 Å². The lowest BCUT2D eigenvalue weighted by molar-refractivity contribution is -0.129. The molecule has 0 radical (unpaired) electrons. The van der Waals surface area contributed by atoms with Gasteiger partial charge in [-0.3, -0.25) is 4.79 Å². The highest BCUT2D eigenvalue weighted by Crippen LogP contribution is 2.46. The zero-order chi connectivity index (χ0) is 19.1. The van der Waals surface area contributed by atoms with Gasteiger partial charge in [-0.1, -0.05) is 24.3 Å². The van der Waals surface area contributed by atoms with Crippen molar-refractivity contribution < 1.29 is 9.59 Å². The van der Waals surface area contributed by atoms with Gasteiger partial charge in [0.05, 0.1) is 12.6 Å². The molecule has 2 heterocycles. The molecule has 3 fully saturated rings. The van der Waals surface area contributed by atoms with E-state index in [0.717, 1.165) is 19.6 Å². The Balaban J connectivity index is 0.00000225. The summed E-state index contributed by atoms with van der Waals surface area (Å²) in [6.07, 6.45) is 2.38. The number of aryl methyl sites for hydroxylation is 1. The Morgan fingerprint density at radius 3 is 2.50 bits per heavy atom. The Morgan fingerprint density at radius 1 is 1.14 bits per heavy atom. The number of fused-ring (bicyclic) bond motifs is 1. The van der Waals surface area contributed by atoms with Crippen LogP contribution in [-0.2, 0) is 4.79 Å². The fourth-order valence-electron chi connectivity index (χ4n) is 4.65. The van der Waals surface area contributed by atoms with Crippen molar-refractivity contribution in [2.45, 2.75) is 31.8 Å². The van der Waals surface area contributed by atoms with Crippen molar-refractivity contribution in [2.75, 3.05) is 40.3 Å². The largest absolute Gasteiger partial charge is 0.341 e. The normalized spacial score (nSPS) is 26.0. The first-order chi connectivity index (χ1) is 13.0. The highest BCUT2D eigenvalue weighted by Gasteiger charge is 2.50. The van der Waals surface area contributed by atoms with Crippen LogP contribution in [-0.4, -0.2) is 73.0 Å². The fourth-order valence-corrected chi connectivity index (χ4v) is 4.65. The first kappa shape index (κ1) is 20.9. The van der Waals surface area contributed by atoms with Gasteiger partial charge >= 0.3 is 6.03 Å². The average molecular weight is 407 g/mol. The van der Waals surface area contributed by atoms with Crippen LogP contribution in [0.5, 0.6) is 0 Å². The molecule has 1 N–H and O–H groups in total. The maximum absolute atomic E-state index is 12.8. The highest BCUT2D eigenvalue weighted by molar-refractivity contribution is 5.85. The molecule has 0 unspecified atom stereocenters. The van der Waals surface area contributed by atoms with E-state index in [4.69, 9.17) is 0 Å². The van der Waals surface area contributed by atoms with Gasteiger partial charge in [-0.2, -0.15) is 0 Å². The Morgan fingerprint density at radius 2 is 1.86 bits per heavy atom. The standard InChI is InChI=1S/C21H30N4O2.ClH/c1-14-6-4-5-7-17(14)20-18-13-24(19(26)10-22-16-8-9-16)11-15(18)12-25(20)21(27)23(2)3;/h4-7,15-16,18,20,22H,8-13H2,1-3H3;1H/t15-,18-,20+;/m1./s1. The third kappa shape index (κ3) is 3.98. The van der Waals surface area contributed by atoms with Crippen LogP contribution in [0.15, 0.2) is 24.3 Å². The van der Waals surface area contributed by atoms with Crippen LogP contribution in [0.3, 0.4) is 0 Å². The molecule has 3 amide bonds. The van der Waals surface area contributed by atoms with Gasteiger partial charge in [0.15, 0.2) is 0 Å². The molecule has 3 aliphatic rings. The number of hydrogen-bond donors (Lipinski definition) is 1. The summed E-state index contributed by atoms with van der Waals surface area (Å²) in [5.41, 5.74) is 2.42. The number of nitrogens with one attached hydrogen (secondary N) is 1. The third-order valence-corrected chi connectivity index (χ3v) is 6.27. The summed E-state index contributed by atoms with van der Waals surface area (Å²) in [6, 6.07) is 8.98. The van der Waals surface area contributed by atoms with Gasteiger partial charge in [0.2, 0.25) is 5.91 Å². The molecule has 154 valence electrons. The van der Waals surface area contributed by atoms with Crippen molar-refractivity contribution in [3.63, 3.8) is 0 Å². The number of carbonyl (C=O) groups excluding carboxylic acids is 2. The molecule has 0 bridgehead atoms. The second kappa shape index (κ2) is 8.29. The van der Waals surface area contributed by atoms with E-state index in [1.165, 1.54) is 24.0 Å². The minimum Gasteiger partial charge on any atom is -0.341 e. The minimum atomic E-state index is 0. The van der Waals surface area contributed by atoms with Crippen LogP contribution in [0.4, 0.5) is 4.79 Å². The Kier molecular flexibility index (Phi) is 6.20. The number of urea groups is 1. The number of likely N-dealkylation sites (tertiary alicyclic amines) is 2. The molecule has 2 saturated heterocycles. The molecule has 4 rings (SSSR count). The van der Waals surface area contributed by atoms with Gasteiger partial charge in [0, 0.05) is 51.6 Å². The summed E-state index contributed by atoms with van der Waals surface area (Å²) < 4.78 is 0. The quantitative estimate of drug-likeness (QED) is 0.834. The molecule has 2 aliphatic heterocycles. The van der Waals surface area contributed by atoms with Crippen molar-refractivity contribution in [3.8, 4) is 0 Å². The van der Waals surface area contributed by atoms with Crippen LogP contribution in [0, 0.1) is 18.8 Å². The first-order valence-electron chi connectivity index (χ1n) is 10.0. The van der Waals surface area contributed by atoms with E-state index in [1.54, 1.807) is 4.90 Å². The topological polar surface area (TPSA) is 55.9 Å². The summed E-state index contributed by atoms with van der Waals surface area (Å²) in [5.74, 6) is 0.855. The second-order valence-electron chi connectivity index (χ2n) is 8.51. The summed E-state index contributed by atoms with van der Waals surface area (Å²) in [4.78, 5) is 31.1. The molecule has 3 atom stereocenters. The SMILES string of the molecule is Cc1ccccc1[C@H]1[C@@H]2CN(C(=O)CNC3CC3)C[C@@H]2CN1C(=O)N(C)C.Cl. The average Bonchev–Trinajstić information content (AvgIpc) is 3.28. The molecule has 28 heavy (non-hydrogen) atoms. The zero-order valence-electron chi connectivity index (χ0n) is 16.9. The number of halogens is 1. The van der Waals surface area contributed by atoms with Crippen LogP contribution < -0.4 is 5.32 Å². The van der Waals surface area contributed by atoms with Gasteiger partial charge in [-0.05, 0) is 30.9 Å².